The lowest BCUT2D eigenvalue weighted by molar-refractivity contribution is 0.0697. The number of aromatic nitrogens is 2. The maximum atomic E-state index is 10.9. The Kier molecular flexibility index (Phi) is 3.39. The molecule has 1 aromatic heterocycles. The molecule has 14 heavy (non-hydrogen) atoms. The van der Waals surface area contributed by atoms with Gasteiger partial charge in [-0.25, -0.2) is 4.79 Å². The van der Waals surface area contributed by atoms with Crippen LogP contribution >= 0.6 is 0 Å². The van der Waals surface area contributed by atoms with Crippen molar-refractivity contribution in [3.05, 3.63) is 17.8 Å². The average Bonchev–Trinajstić information content (AvgIpc) is 2.20. The van der Waals surface area contributed by atoms with E-state index in [0.717, 1.165) is 13.1 Å². The molecule has 0 aromatic carbocycles. The molecule has 76 valence electrons. The van der Waals surface area contributed by atoms with E-state index in [1.807, 2.05) is 18.7 Å². The molecule has 0 spiro atoms. The summed E-state index contributed by atoms with van der Waals surface area (Å²) < 4.78 is 0. The lowest BCUT2D eigenvalue weighted by Gasteiger charge is -2.20. The van der Waals surface area contributed by atoms with Gasteiger partial charge in [0.25, 0.3) is 0 Å². The number of anilines is 1. The zero-order chi connectivity index (χ0) is 10.6. The topological polar surface area (TPSA) is 66.3 Å². The predicted molar refractivity (Wildman–Crippen MR) is 52.6 cm³/mol. The molecule has 0 amide bonds. The first-order chi connectivity index (χ1) is 6.70. The van der Waals surface area contributed by atoms with Crippen LogP contribution in [0.25, 0.3) is 0 Å². The van der Waals surface area contributed by atoms with Gasteiger partial charge in [0.1, 0.15) is 5.56 Å². The van der Waals surface area contributed by atoms with Crippen molar-refractivity contribution in [2.75, 3.05) is 18.0 Å². The van der Waals surface area contributed by atoms with Crippen LogP contribution in [0.1, 0.15) is 24.2 Å². The molecule has 0 radical (unpaired) electrons. The van der Waals surface area contributed by atoms with E-state index < -0.39 is 5.97 Å². The van der Waals surface area contributed by atoms with Gasteiger partial charge in [-0.2, -0.15) is 5.10 Å². The smallest absolute Gasteiger partial charge is 0.339 e. The maximum absolute atomic E-state index is 10.9. The number of nitrogens with zero attached hydrogens (tertiary/aromatic N) is 3. The van der Waals surface area contributed by atoms with Crippen LogP contribution in [0.3, 0.4) is 0 Å². The van der Waals surface area contributed by atoms with Gasteiger partial charge in [-0.05, 0) is 19.9 Å². The molecule has 1 rings (SSSR count). The van der Waals surface area contributed by atoms with Gasteiger partial charge in [-0.3, -0.25) is 0 Å². The fourth-order valence-corrected chi connectivity index (χ4v) is 1.25. The molecule has 0 fully saturated rings. The normalized spacial score (nSPS) is 9.86. The number of hydrogen-bond acceptors (Lipinski definition) is 4. The van der Waals surface area contributed by atoms with Crippen LogP contribution in [0.2, 0.25) is 0 Å². The molecule has 1 N–H and O–H groups in total. The second kappa shape index (κ2) is 4.55. The Labute approximate surface area is 82.4 Å². The molecular formula is C9H13N3O2. The molecule has 0 unspecified atom stereocenters. The third-order valence-electron chi connectivity index (χ3n) is 1.99. The molecule has 0 bridgehead atoms. The quantitative estimate of drug-likeness (QED) is 0.777. The molecular weight excluding hydrogens is 182 g/mol. The molecule has 0 aliphatic heterocycles. The van der Waals surface area contributed by atoms with Crippen LogP contribution in [0.4, 0.5) is 5.82 Å². The molecule has 0 aliphatic carbocycles. The van der Waals surface area contributed by atoms with Gasteiger partial charge in [0.15, 0.2) is 5.82 Å². The SMILES string of the molecule is CCN(CC)c1nnccc1C(=O)O. The van der Waals surface area contributed by atoms with Gasteiger partial charge in [0.05, 0.1) is 6.20 Å². The standard InChI is InChI=1S/C9H13N3O2/c1-3-12(4-2)8-7(9(13)14)5-6-10-11-8/h5-6H,3-4H2,1-2H3,(H,13,14). The summed E-state index contributed by atoms with van der Waals surface area (Å²) >= 11 is 0. The van der Waals surface area contributed by atoms with Gasteiger partial charge in [-0.1, -0.05) is 0 Å². The number of aromatic carboxylic acids is 1. The minimum absolute atomic E-state index is 0.198. The van der Waals surface area contributed by atoms with E-state index in [2.05, 4.69) is 10.2 Å². The van der Waals surface area contributed by atoms with Crippen LogP contribution < -0.4 is 4.90 Å². The zero-order valence-electron chi connectivity index (χ0n) is 8.27. The van der Waals surface area contributed by atoms with Gasteiger partial charge in [0.2, 0.25) is 0 Å². The highest BCUT2D eigenvalue weighted by molar-refractivity contribution is 5.93. The Bertz CT molecular complexity index is 324. The summed E-state index contributed by atoms with van der Waals surface area (Å²) in [5, 5.41) is 16.4. The summed E-state index contributed by atoms with van der Waals surface area (Å²) in [6.45, 7) is 5.33. The highest BCUT2D eigenvalue weighted by atomic mass is 16.4. The first-order valence-corrected chi connectivity index (χ1v) is 4.50. The van der Waals surface area contributed by atoms with Crippen LogP contribution in [-0.2, 0) is 0 Å². The van der Waals surface area contributed by atoms with Crippen molar-refractivity contribution in [3.8, 4) is 0 Å². The second-order valence-corrected chi connectivity index (χ2v) is 2.75. The largest absolute Gasteiger partial charge is 0.478 e. The highest BCUT2D eigenvalue weighted by Gasteiger charge is 2.15. The van der Waals surface area contributed by atoms with Crippen LogP contribution in [0, 0.1) is 0 Å². The van der Waals surface area contributed by atoms with E-state index in [4.69, 9.17) is 5.11 Å². The third kappa shape index (κ3) is 1.99. The lowest BCUT2D eigenvalue weighted by Crippen LogP contribution is -2.25. The van der Waals surface area contributed by atoms with E-state index in [1.54, 1.807) is 0 Å². The Balaban J connectivity index is 3.11. The van der Waals surface area contributed by atoms with Crippen LogP contribution in [-0.4, -0.2) is 34.4 Å². The van der Waals surface area contributed by atoms with Crippen molar-refractivity contribution in [2.45, 2.75) is 13.8 Å². The zero-order valence-corrected chi connectivity index (χ0v) is 8.27. The number of hydrogen-bond donors (Lipinski definition) is 1. The van der Waals surface area contributed by atoms with Crippen molar-refractivity contribution in [3.63, 3.8) is 0 Å². The van der Waals surface area contributed by atoms with Crippen molar-refractivity contribution in [2.24, 2.45) is 0 Å². The Morgan fingerprint density at radius 3 is 2.64 bits per heavy atom. The van der Waals surface area contributed by atoms with E-state index in [9.17, 15) is 4.79 Å². The highest BCUT2D eigenvalue weighted by Crippen LogP contribution is 2.15. The van der Waals surface area contributed by atoms with Crippen LogP contribution in [0.5, 0.6) is 0 Å². The Hall–Kier alpha value is -1.65. The molecule has 1 aromatic rings. The first kappa shape index (κ1) is 10.4. The van der Waals surface area contributed by atoms with Gasteiger partial charge >= 0.3 is 5.97 Å². The van der Waals surface area contributed by atoms with E-state index >= 15 is 0 Å². The van der Waals surface area contributed by atoms with E-state index in [0.29, 0.717) is 5.82 Å². The van der Waals surface area contributed by atoms with Gasteiger partial charge in [-0.15, -0.1) is 5.10 Å². The summed E-state index contributed by atoms with van der Waals surface area (Å²) in [4.78, 5) is 12.7. The van der Waals surface area contributed by atoms with E-state index in [-0.39, 0.29) is 5.56 Å². The first-order valence-electron chi connectivity index (χ1n) is 4.50. The number of carbonyl (C=O) groups is 1. The molecule has 5 nitrogen and oxygen atoms in total. The Morgan fingerprint density at radius 2 is 2.14 bits per heavy atom. The Morgan fingerprint density at radius 1 is 1.50 bits per heavy atom. The summed E-state index contributed by atoms with van der Waals surface area (Å²) in [5.74, 6) is -0.535. The minimum Gasteiger partial charge on any atom is -0.478 e. The summed E-state index contributed by atoms with van der Waals surface area (Å²) in [6.07, 6.45) is 1.39. The fraction of sp³-hybridized carbons (Fsp3) is 0.444. The number of rotatable bonds is 4. The maximum Gasteiger partial charge on any atom is 0.339 e. The average molecular weight is 195 g/mol. The third-order valence-corrected chi connectivity index (χ3v) is 1.99. The monoisotopic (exact) mass is 195 g/mol. The summed E-state index contributed by atoms with van der Waals surface area (Å²) in [7, 11) is 0. The minimum atomic E-state index is -0.971. The number of carboxylic acids is 1. The molecule has 1 heterocycles. The summed E-state index contributed by atoms with van der Waals surface area (Å²) in [5.41, 5.74) is 0.198. The summed E-state index contributed by atoms with van der Waals surface area (Å²) in [6, 6.07) is 1.46. The predicted octanol–water partition coefficient (Wildman–Crippen LogP) is 1.02. The second-order valence-electron chi connectivity index (χ2n) is 2.75. The lowest BCUT2D eigenvalue weighted by atomic mass is 10.2. The van der Waals surface area contributed by atoms with E-state index in [1.165, 1.54) is 12.3 Å². The molecule has 0 saturated carbocycles. The fourth-order valence-electron chi connectivity index (χ4n) is 1.25. The van der Waals surface area contributed by atoms with Crippen LogP contribution in [0.15, 0.2) is 12.3 Å². The van der Waals surface area contributed by atoms with Crippen molar-refractivity contribution in [1.82, 2.24) is 10.2 Å². The molecule has 0 saturated heterocycles. The number of carboxylic acid groups (broad SMARTS) is 1. The van der Waals surface area contributed by atoms with Gasteiger partial charge < -0.3 is 10.0 Å². The molecule has 0 aliphatic rings. The van der Waals surface area contributed by atoms with Crippen molar-refractivity contribution >= 4 is 11.8 Å². The van der Waals surface area contributed by atoms with Crippen molar-refractivity contribution < 1.29 is 9.90 Å². The van der Waals surface area contributed by atoms with Gasteiger partial charge in [0, 0.05) is 13.1 Å². The molecule has 0 atom stereocenters. The van der Waals surface area contributed by atoms with Crippen molar-refractivity contribution in [1.29, 1.82) is 0 Å². The molecule has 5 heteroatoms.